The molecule has 3 nitrogen and oxygen atoms in total. The number of thiazole rings is 1. The van der Waals surface area contributed by atoms with Gasteiger partial charge in [-0.15, -0.1) is 11.3 Å². The molecule has 0 aliphatic rings. The van der Waals surface area contributed by atoms with Gasteiger partial charge in [-0.1, -0.05) is 26.0 Å². The van der Waals surface area contributed by atoms with Crippen molar-refractivity contribution in [1.29, 1.82) is 0 Å². The summed E-state index contributed by atoms with van der Waals surface area (Å²) in [5, 5.41) is 4.22. The van der Waals surface area contributed by atoms with E-state index in [9.17, 15) is 4.39 Å². The van der Waals surface area contributed by atoms with E-state index in [-0.39, 0.29) is 5.82 Å². The van der Waals surface area contributed by atoms with Crippen LogP contribution in [0.25, 0.3) is 10.6 Å². The van der Waals surface area contributed by atoms with Gasteiger partial charge in [0, 0.05) is 30.1 Å². The first-order valence-corrected chi connectivity index (χ1v) is 7.80. The summed E-state index contributed by atoms with van der Waals surface area (Å²) in [6.07, 6.45) is 0. The van der Waals surface area contributed by atoms with Crippen molar-refractivity contribution in [2.24, 2.45) is 0 Å². The molecule has 0 unspecified atom stereocenters. The highest BCUT2D eigenvalue weighted by molar-refractivity contribution is 7.15. The number of nitrogens with zero attached hydrogens (tertiary/aromatic N) is 1. The maximum absolute atomic E-state index is 13.7. The molecule has 5 heteroatoms. The Morgan fingerprint density at radius 3 is 2.76 bits per heavy atom. The van der Waals surface area contributed by atoms with Gasteiger partial charge in [0.15, 0.2) is 0 Å². The number of ether oxygens (including phenoxy) is 1. The molecule has 2 rings (SSSR count). The van der Waals surface area contributed by atoms with Crippen molar-refractivity contribution in [2.45, 2.75) is 40.0 Å². The van der Waals surface area contributed by atoms with Crippen LogP contribution >= 0.6 is 11.3 Å². The van der Waals surface area contributed by atoms with Crippen LogP contribution in [0.2, 0.25) is 0 Å². The second-order valence-electron chi connectivity index (χ2n) is 5.32. The molecule has 0 aliphatic carbocycles. The van der Waals surface area contributed by atoms with Gasteiger partial charge in [-0.05, 0) is 18.6 Å². The molecular formula is C16H21FN2OS. The van der Waals surface area contributed by atoms with E-state index in [2.05, 4.69) is 24.1 Å². The lowest BCUT2D eigenvalue weighted by molar-refractivity contribution is 0.181. The third-order valence-electron chi connectivity index (χ3n) is 3.15. The summed E-state index contributed by atoms with van der Waals surface area (Å²) < 4.78 is 18.9. The second-order valence-corrected chi connectivity index (χ2v) is 6.41. The third kappa shape index (κ3) is 4.09. The van der Waals surface area contributed by atoms with E-state index in [1.54, 1.807) is 37.5 Å². The van der Waals surface area contributed by atoms with E-state index in [1.807, 2.05) is 6.07 Å². The van der Waals surface area contributed by atoms with Crippen LogP contribution in [0.4, 0.5) is 4.39 Å². The Hall–Kier alpha value is -1.30. The predicted molar refractivity (Wildman–Crippen MR) is 84.9 cm³/mol. The van der Waals surface area contributed by atoms with Gasteiger partial charge in [0.25, 0.3) is 0 Å². The molecule has 0 spiro atoms. The SMILES string of the molecule is COCc1nc(-c2ccc(C)c(F)c2)sc1CNC(C)C. The van der Waals surface area contributed by atoms with Gasteiger partial charge >= 0.3 is 0 Å². The Labute approximate surface area is 129 Å². The smallest absolute Gasteiger partial charge is 0.126 e. The summed E-state index contributed by atoms with van der Waals surface area (Å²) in [6.45, 7) is 7.19. The fourth-order valence-electron chi connectivity index (χ4n) is 1.92. The fourth-order valence-corrected chi connectivity index (χ4v) is 2.93. The number of hydrogen-bond acceptors (Lipinski definition) is 4. The molecule has 1 N–H and O–H groups in total. The second kappa shape index (κ2) is 7.11. The topological polar surface area (TPSA) is 34.1 Å². The van der Waals surface area contributed by atoms with E-state index >= 15 is 0 Å². The van der Waals surface area contributed by atoms with Crippen LogP contribution in [0.5, 0.6) is 0 Å². The summed E-state index contributed by atoms with van der Waals surface area (Å²) in [5.74, 6) is -0.196. The maximum Gasteiger partial charge on any atom is 0.126 e. The van der Waals surface area contributed by atoms with E-state index < -0.39 is 0 Å². The summed E-state index contributed by atoms with van der Waals surface area (Å²) >= 11 is 1.59. The standard InChI is InChI=1S/C16H21FN2OS/c1-10(2)18-8-15-14(9-20-4)19-16(21-15)12-6-5-11(3)13(17)7-12/h5-7,10,18H,8-9H2,1-4H3. The van der Waals surface area contributed by atoms with Gasteiger partial charge < -0.3 is 10.1 Å². The van der Waals surface area contributed by atoms with Crippen molar-refractivity contribution in [3.05, 3.63) is 40.2 Å². The molecule has 1 aromatic heterocycles. The van der Waals surface area contributed by atoms with Gasteiger partial charge in [-0.3, -0.25) is 0 Å². The van der Waals surface area contributed by atoms with E-state index in [1.165, 1.54) is 0 Å². The van der Waals surface area contributed by atoms with Crippen molar-refractivity contribution in [2.75, 3.05) is 7.11 Å². The summed E-state index contributed by atoms with van der Waals surface area (Å²) in [4.78, 5) is 5.75. The summed E-state index contributed by atoms with van der Waals surface area (Å²) in [7, 11) is 1.66. The lowest BCUT2D eigenvalue weighted by Gasteiger charge is -2.07. The molecule has 0 saturated heterocycles. The molecule has 2 aromatic rings. The highest BCUT2D eigenvalue weighted by atomic mass is 32.1. The van der Waals surface area contributed by atoms with Gasteiger partial charge in [0.05, 0.1) is 12.3 Å². The van der Waals surface area contributed by atoms with Crippen LogP contribution in [0.15, 0.2) is 18.2 Å². The molecule has 0 aliphatic heterocycles. The Bertz CT molecular complexity index is 610. The first kappa shape index (κ1) is 16.1. The van der Waals surface area contributed by atoms with Crippen LogP contribution in [-0.2, 0) is 17.9 Å². The number of benzene rings is 1. The Morgan fingerprint density at radius 2 is 2.14 bits per heavy atom. The number of aromatic nitrogens is 1. The minimum atomic E-state index is -0.196. The molecule has 0 amide bonds. The number of hydrogen-bond donors (Lipinski definition) is 1. The molecule has 1 aromatic carbocycles. The van der Waals surface area contributed by atoms with E-state index in [4.69, 9.17) is 4.74 Å². The predicted octanol–water partition coefficient (Wildman–Crippen LogP) is 3.90. The largest absolute Gasteiger partial charge is 0.378 e. The van der Waals surface area contributed by atoms with Crippen molar-refractivity contribution in [3.63, 3.8) is 0 Å². The van der Waals surface area contributed by atoms with Gasteiger partial charge in [0.2, 0.25) is 0 Å². The van der Waals surface area contributed by atoms with Crippen LogP contribution in [-0.4, -0.2) is 18.1 Å². The average Bonchev–Trinajstić information content (AvgIpc) is 2.83. The summed E-state index contributed by atoms with van der Waals surface area (Å²) in [6, 6.07) is 5.65. The zero-order valence-electron chi connectivity index (χ0n) is 12.9. The average molecular weight is 308 g/mol. The molecular weight excluding hydrogens is 287 g/mol. The van der Waals surface area contributed by atoms with Crippen LogP contribution < -0.4 is 5.32 Å². The molecule has 0 bridgehead atoms. The van der Waals surface area contributed by atoms with Crippen molar-refractivity contribution < 1.29 is 9.13 Å². The normalized spacial score (nSPS) is 11.3. The lowest BCUT2D eigenvalue weighted by Crippen LogP contribution is -2.21. The number of halogens is 1. The Kier molecular flexibility index (Phi) is 5.45. The Morgan fingerprint density at radius 1 is 1.38 bits per heavy atom. The minimum absolute atomic E-state index is 0.196. The third-order valence-corrected chi connectivity index (χ3v) is 4.30. The van der Waals surface area contributed by atoms with Crippen LogP contribution in [0.3, 0.4) is 0 Å². The maximum atomic E-state index is 13.7. The monoisotopic (exact) mass is 308 g/mol. The highest BCUT2D eigenvalue weighted by Gasteiger charge is 2.13. The van der Waals surface area contributed by atoms with Crippen LogP contribution in [0, 0.1) is 12.7 Å². The van der Waals surface area contributed by atoms with Crippen molar-refractivity contribution in [3.8, 4) is 10.6 Å². The van der Waals surface area contributed by atoms with Gasteiger partial charge in [0.1, 0.15) is 10.8 Å². The molecule has 0 saturated carbocycles. The summed E-state index contributed by atoms with van der Waals surface area (Å²) in [5.41, 5.74) is 2.39. The molecule has 1 heterocycles. The molecule has 0 fully saturated rings. The molecule has 0 atom stereocenters. The number of methoxy groups -OCH3 is 1. The number of aryl methyl sites for hydroxylation is 1. The number of nitrogens with one attached hydrogen (secondary N) is 1. The van der Waals surface area contributed by atoms with Crippen molar-refractivity contribution >= 4 is 11.3 Å². The molecule has 114 valence electrons. The zero-order chi connectivity index (χ0) is 15.4. The van der Waals surface area contributed by atoms with E-state index in [0.717, 1.165) is 27.7 Å². The number of rotatable bonds is 6. The minimum Gasteiger partial charge on any atom is -0.378 e. The van der Waals surface area contributed by atoms with Crippen molar-refractivity contribution in [1.82, 2.24) is 10.3 Å². The van der Waals surface area contributed by atoms with Crippen LogP contribution in [0.1, 0.15) is 30.0 Å². The molecule has 21 heavy (non-hydrogen) atoms. The first-order valence-electron chi connectivity index (χ1n) is 6.98. The first-order chi connectivity index (χ1) is 10.0. The van der Waals surface area contributed by atoms with Gasteiger partial charge in [-0.2, -0.15) is 0 Å². The lowest BCUT2D eigenvalue weighted by atomic mass is 10.1. The Balaban J connectivity index is 2.31. The quantitative estimate of drug-likeness (QED) is 0.879. The van der Waals surface area contributed by atoms with Gasteiger partial charge in [-0.25, -0.2) is 9.37 Å². The fraction of sp³-hybridized carbons (Fsp3) is 0.438. The van der Waals surface area contributed by atoms with E-state index in [0.29, 0.717) is 18.2 Å². The molecule has 0 radical (unpaired) electrons. The zero-order valence-corrected chi connectivity index (χ0v) is 13.7. The highest BCUT2D eigenvalue weighted by Crippen LogP contribution is 2.29.